The molecule has 0 atom stereocenters. The van der Waals surface area contributed by atoms with E-state index < -0.39 is 59.8 Å². The van der Waals surface area contributed by atoms with Crippen LogP contribution in [0.25, 0.3) is 11.0 Å². The topological polar surface area (TPSA) is 97.3 Å². The minimum Gasteiger partial charge on any atom is -0.487 e. The molecule has 3 N–H and O–H groups in total. The van der Waals surface area contributed by atoms with Crippen molar-refractivity contribution in [2.75, 3.05) is 11.9 Å². The van der Waals surface area contributed by atoms with Crippen LogP contribution >= 0.6 is 0 Å². The lowest BCUT2D eigenvalue weighted by Gasteiger charge is -2.30. The number of ether oxygens (including phenoxy) is 1. The minimum atomic E-state index is -4.32. The normalized spacial score (nSPS) is 17.4. The first kappa shape index (κ1) is 33.8. The van der Waals surface area contributed by atoms with E-state index in [1.54, 1.807) is 20.8 Å². The number of fused-ring (bicyclic) bond motifs is 1. The first-order valence-electron chi connectivity index (χ1n) is 14.3. The number of carbonyl (C=O) groups is 2. The van der Waals surface area contributed by atoms with Gasteiger partial charge in [0.05, 0.1) is 22.5 Å². The summed E-state index contributed by atoms with van der Waals surface area (Å²) in [5.41, 5.74) is -1.06. The van der Waals surface area contributed by atoms with Crippen molar-refractivity contribution < 1.29 is 45.1 Å². The van der Waals surface area contributed by atoms with E-state index >= 15 is 4.39 Å². The van der Waals surface area contributed by atoms with Crippen LogP contribution < -0.4 is 20.7 Å². The van der Waals surface area contributed by atoms with Gasteiger partial charge in [-0.2, -0.15) is 13.2 Å². The molecular weight excluding hydrogens is 611 g/mol. The minimum absolute atomic E-state index is 0.00109. The number of anilines is 2. The van der Waals surface area contributed by atoms with E-state index in [1.807, 2.05) is 0 Å². The number of amides is 2. The summed E-state index contributed by atoms with van der Waals surface area (Å²) in [6, 6.07) is 4.18. The van der Waals surface area contributed by atoms with Gasteiger partial charge in [0, 0.05) is 36.7 Å². The maximum absolute atomic E-state index is 15.4. The van der Waals surface area contributed by atoms with Gasteiger partial charge in [0.1, 0.15) is 23.9 Å². The lowest BCUT2D eigenvalue weighted by Crippen LogP contribution is -2.40. The van der Waals surface area contributed by atoms with E-state index in [4.69, 9.17) is 4.74 Å². The van der Waals surface area contributed by atoms with Gasteiger partial charge in [-0.05, 0) is 37.8 Å². The van der Waals surface area contributed by atoms with Gasteiger partial charge in [-0.1, -0.05) is 26.8 Å². The van der Waals surface area contributed by atoms with E-state index in [0.717, 1.165) is 6.07 Å². The van der Waals surface area contributed by atoms with Gasteiger partial charge in [-0.3, -0.25) is 9.59 Å². The van der Waals surface area contributed by atoms with Crippen LogP contribution in [-0.4, -0.2) is 46.6 Å². The van der Waals surface area contributed by atoms with E-state index in [2.05, 4.69) is 20.9 Å². The van der Waals surface area contributed by atoms with Crippen LogP contribution in [-0.2, 0) is 18.4 Å². The van der Waals surface area contributed by atoms with Crippen LogP contribution in [0.2, 0.25) is 0 Å². The van der Waals surface area contributed by atoms with Crippen molar-refractivity contribution >= 4 is 34.5 Å². The Kier molecular flexibility index (Phi) is 9.88. The van der Waals surface area contributed by atoms with Gasteiger partial charge < -0.3 is 25.3 Å². The average molecular weight is 646 g/mol. The number of hydrogen-bond acceptors (Lipinski definition) is 5. The number of hydrogen-bond donors (Lipinski definition) is 3. The summed E-state index contributed by atoms with van der Waals surface area (Å²) < 4.78 is 102. The fraction of sp³-hybridized carbons (Fsp3) is 0.500. The molecule has 1 saturated carbocycles. The monoisotopic (exact) mass is 645 g/mol. The second kappa shape index (κ2) is 13.1. The number of alkyl halides is 5. The summed E-state index contributed by atoms with van der Waals surface area (Å²) in [4.78, 5) is 29.8. The molecule has 15 heteroatoms. The van der Waals surface area contributed by atoms with E-state index in [0.29, 0.717) is 0 Å². The molecular formula is C30H34F7N5O3. The van der Waals surface area contributed by atoms with E-state index in [1.165, 1.54) is 29.8 Å². The van der Waals surface area contributed by atoms with Crippen molar-refractivity contribution in [2.45, 2.75) is 71.6 Å². The highest BCUT2D eigenvalue weighted by atomic mass is 19.4. The van der Waals surface area contributed by atoms with Crippen molar-refractivity contribution in [1.82, 2.24) is 20.2 Å². The standard InChI is InChI=1S/C30H34F7N5O3/c1-29(2,3)27(44)38-13-15-5-10-19(31)25(24(15)34)41-28-40-20-11-18(22(45-14-23(32)33)12-21(20)42(28)4)26(43)39-17-8-6-16(7-9-17)30(35,36)37/h5,10-12,16-17,23H,6-9,13-14H2,1-4H3,(H,38,44)(H,39,43)(H,40,41). The molecule has 2 amide bonds. The molecule has 45 heavy (non-hydrogen) atoms. The maximum atomic E-state index is 15.4. The first-order chi connectivity index (χ1) is 21.0. The van der Waals surface area contributed by atoms with Crippen LogP contribution in [0.3, 0.4) is 0 Å². The number of imidazole rings is 1. The number of halogens is 7. The van der Waals surface area contributed by atoms with Gasteiger partial charge in [-0.15, -0.1) is 0 Å². The second-order valence-electron chi connectivity index (χ2n) is 12.1. The molecule has 3 aromatic rings. The fourth-order valence-corrected chi connectivity index (χ4v) is 5.01. The SMILES string of the molecule is Cn1c(Nc2c(F)ccc(CNC(=O)C(C)(C)C)c2F)nc2cc(C(=O)NC3CCC(C(F)(F)F)CC3)c(OCC(F)F)cc21. The number of nitrogens with zero attached hydrogens (tertiary/aromatic N) is 2. The Labute approximate surface area is 254 Å². The zero-order valence-corrected chi connectivity index (χ0v) is 25.0. The Morgan fingerprint density at radius 1 is 1.07 bits per heavy atom. The van der Waals surface area contributed by atoms with Crippen LogP contribution in [0.15, 0.2) is 24.3 Å². The Morgan fingerprint density at radius 3 is 2.33 bits per heavy atom. The third-order valence-electron chi connectivity index (χ3n) is 7.65. The summed E-state index contributed by atoms with van der Waals surface area (Å²) in [5, 5.41) is 7.85. The van der Waals surface area contributed by atoms with Gasteiger partial charge in [-0.25, -0.2) is 22.5 Å². The van der Waals surface area contributed by atoms with Crippen molar-refractivity contribution in [2.24, 2.45) is 18.4 Å². The van der Waals surface area contributed by atoms with Gasteiger partial charge in [0.2, 0.25) is 11.9 Å². The summed E-state index contributed by atoms with van der Waals surface area (Å²) in [6.07, 6.45) is -7.34. The number of rotatable bonds is 9. The van der Waals surface area contributed by atoms with E-state index in [9.17, 15) is 35.9 Å². The summed E-state index contributed by atoms with van der Waals surface area (Å²) in [6.45, 7) is 3.80. The fourth-order valence-electron chi connectivity index (χ4n) is 5.01. The zero-order valence-electron chi connectivity index (χ0n) is 25.0. The molecule has 246 valence electrons. The molecule has 1 aliphatic carbocycles. The van der Waals surface area contributed by atoms with Crippen molar-refractivity contribution in [1.29, 1.82) is 0 Å². The highest BCUT2D eigenvalue weighted by molar-refractivity contribution is 6.01. The molecule has 0 aliphatic heterocycles. The molecule has 0 radical (unpaired) electrons. The zero-order chi connectivity index (χ0) is 33.3. The Hall–Kier alpha value is -4.04. The first-order valence-corrected chi connectivity index (χ1v) is 14.3. The molecule has 0 unspecified atom stereocenters. The lowest BCUT2D eigenvalue weighted by atomic mass is 9.85. The van der Waals surface area contributed by atoms with Crippen molar-refractivity contribution in [3.63, 3.8) is 0 Å². The molecule has 1 heterocycles. The smallest absolute Gasteiger partial charge is 0.391 e. The molecule has 1 fully saturated rings. The average Bonchev–Trinajstić information content (AvgIpc) is 3.26. The van der Waals surface area contributed by atoms with Gasteiger partial charge >= 0.3 is 6.18 Å². The van der Waals surface area contributed by atoms with Crippen LogP contribution in [0.1, 0.15) is 62.4 Å². The Balaban J connectivity index is 1.61. The third-order valence-corrected chi connectivity index (χ3v) is 7.65. The number of carbonyl (C=O) groups excluding carboxylic acids is 2. The van der Waals surface area contributed by atoms with Crippen LogP contribution in [0.4, 0.5) is 42.4 Å². The molecule has 0 saturated heterocycles. The Bertz CT molecular complexity index is 1560. The second-order valence-corrected chi connectivity index (χ2v) is 12.1. The quantitative estimate of drug-likeness (QED) is 0.224. The number of benzene rings is 2. The largest absolute Gasteiger partial charge is 0.487 e. The Morgan fingerprint density at radius 2 is 1.73 bits per heavy atom. The number of aryl methyl sites for hydroxylation is 1. The molecule has 1 aromatic heterocycles. The van der Waals surface area contributed by atoms with E-state index in [-0.39, 0.29) is 72.0 Å². The molecule has 0 spiro atoms. The lowest BCUT2D eigenvalue weighted by molar-refractivity contribution is -0.182. The van der Waals surface area contributed by atoms with Crippen LogP contribution in [0, 0.1) is 23.0 Å². The highest BCUT2D eigenvalue weighted by Gasteiger charge is 2.41. The van der Waals surface area contributed by atoms with Crippen molar-refractivity contribution in [3.05, 3.63) is 47.0 Å². The predicted octanol–water partition coefficient (Wildman–Crippen LogP) is 6.75. The van der Waals surface area contributed by atoms with Gasteiger partial charge in [0.25, 0.3) is 12.3 Å². The molecule has 4 rings (SSSR count). The molecule has 8 nitrogen and oxygen atoms in total. The van der Waals surface area contributed by atoms with Crippen LogP contribution in [0.5, 0.6) is 5.75 Å². The summed E-state index contributed by atoms with van der Waals surface area (Å²) in [7, 11) is 1.48. The summed E-state index contributed by atoms with van der Waals surface area (Å²) in [5.74, 6) is -4.77. The molecule has 0 bridgehead atoms. The molecule has 2 aromatic carbocycles. The number of aromatic nitrogens is 2. The third kappa shape index (κ3) is 7.98. The highest BCUT2D eigenvalue weighted by Crippen LogP contribution is 2.38. The summed E-state index contributed by atoms with van der Waals surface area (Å²) >= 11 is 0. The van der Waals surface area contributed by atoms with Crippen molar-refractivity contribution in [3.8, 4) is 5.75 Å². The maximum Gasteiger partial charge on any atom is 0.391 e. The number of nitrogens with one attached hydrogen (secondary N) is 3. The van der Waals surface area contributed by atoms with Gasteiger partial charge in [0.15, 0.2) is 5.82 Å². The molecule has 1 aliphatic rings. The predicted molar refractivity (Wildman–Crippen MR) is 152 cm³/mol.